The van der Waals surface area contributed by atoms with E-state index in [1.165, 1.54) is 6.92 Å². The van der Waals surface area contributed by atoms with Crippen LogP contribution in [-0.2, 0) is 9.59 Å². The van der Waals surface area contributed by atoms with Crippen molar-refractivity contribution in [3.8, 4) is 0 Å². The summed E-state index contributed by atoms with van der Waals surface area (Å²) in [7, 11) is 0. The van der Waals surface area contributed by atoms with Gasteiger partial charge in [-0.3, -0.25) is 9.59 Å². The molecule has 1 aliphatic rings. The van der Waals surface area contributed by atoms with E-state index in [1.807, 2.05) is 0 Å². The van der Waals surface area contributed by atoms with Crippen molar-refractivity contribution in [1.82, 2.24) is 10.2 Å². The van der Waals surface area contributed by atoms with Gasteiger partial charge in [-0.05, 0) is 25.7 Å². The van der Waals surface area contributed by atoms with Crippen LogP contribution in [0.1, 0.15) is 32.6 Å². The van der Waals surface area contributed by atoms with Crippen LogP contribution in [0.15, 0.2) is 0 Å². The minimum atomic E-state index is -0.565. The minimum Gasteiger partial charge on any atom is -0.396 e. The summed E-state index contributed by atoms with van der Waals surface area (Å²) < 4.78 is 0. The fourth-order valence-electron chi connectivity index (χ4n) is 2.37. The number of likely N-dealkylation sites (tertiary alicyclic amines) is 1. The molecule has 1 aliphatic heterocycles. The predicted octanol–water partition coefficient (Wildman–Crippen LogP) is 0.184. The van der Waals surface area contributed by atoms with Crippen molar-refractivity contribution >= 4 is 24.4 Å². The number of rotatable bonds is 5. The van der Waals surface area contributed by atoms with E-state index < -0.39 is 6.04 Å². The summed E-state index contributed by atoms with van der Waals surface area (Å²) in [4.78, 5) is 25.2. The second kappa shape index (κ2) is 7.63. The summed E-state index contributed by atoms with van der Waals surface area (Å²) in [6.45, 7) is 2.18. The molecule has 2 amide bonds. The molecular formula is C12H22N2O3S. The third-order valence-electron chi connectivity index (χ3n) is 3.23. The molecular weight excluding hydrogens is 252 g/mol. The predicted molar refractivity (Wildman–Crippen MR) is 72.5 cm³/mol. The van der Waals surface area contributed by atoms with Crippen molar-refractivity contribution < 1.29 is 14.7 Å². The van der Waals surface area contributed by atoms with Crippen LogP contribution >= 0.6 is 12.6 Å². The van der Waals surface area contributed by atoms with E-state index >= 15 is 0 Å². The summed E-state index contributed by atoms with van der Waals surface area (Å²) in [6.07, 6.45) is 3.59. The Bertz CT molecular complexity index is 297. The maximum absolute atomic E-state index is 12.3. The van der Waals surface area contributed by atoms with Gasteiger partial charge in [0.15, 0.2) is 0 Å². The fraction of sp³-hybridized carbons (Fsp3) is 0.833. The van der Waals surface area contributed by atoms with Crippen LogP contribution in [0.25, 0.3) is 0 Å². The number of carbonyl (C=O) groups is 2. The fourth-order valence-corrected chi connectivity index (χ4v) is 2.62. The molecule has 0 radical (unpaired) electrons. The molecule has 2 atom stereocenters. The van der Waals surface area contributed by atoms with Gasteiger partial charge in [-0.25, -0.2) is 0 Å². The molecule has 1 saturated heterocycles. The van der Waals surface area contributed by atoms with Crippen molar-refractivity contribution in [1.29, 1.82) is 0 Å². The molecule has 2 unspecified atom stereocenters. The Morgan fingerprint density at radius 3 is 2.78 bits per heavy atom. The van der Waals surface area contributed by atoms with Crippen LogP contribution < -0.4 is 5.32 Å². The van der Waals surface area contributed by atoms with E-state index in [0.29, 0.717) is 18.7 Å². The average Bonchev–Trinajstić information content (AvgIpc) is 2.36. The number of aliphatic hydroxyl groups excluding tert-OH is 1. The highest BCUT2D eigenvalue weighted by molar-refractivity contribution is 7.80. The average molecular weight is 274 g/mol. The summed E-state index contributed by atoms with van der Waals surface area (Å²) in [5.74, 6) is -0.0164. The normalized spacial score (nSPS) is 21.5. The molecule has 1 fully saturated rings. The Labute approximate surface area is 113 Å². The molecule has 104 valence electrons. The number of amides is 2. The molecule has 0 aliphatic carbocycles. The van der Waals surface area contributed by atoms with Gasteiger partial charge in [-0.1, -0.05) is 0 Å². The standard InChI is InChI=1S/C12H22N2O3S/c1-9(16)13-11(8-18)12(17)14-6-3-2-4-10(14)5-7-15/h10-11,15,18H,2-8H2,1H3,(H,13,16). The third-order valence-corrected chi connectivity index (χ3v) is 3.60. The molecule has 0 spiro atoms. The lowest BCUT2D eigenvalue weighted by Gasteiger charge is -2.37. The van der Waals surface area contributed by atoms with E-state index in [0.717, 1.165) is 19.3 Å². The second-order valence-electron chi connectivity index (χ2n) is 4.63. The van der Waals surface area contributed by atoms with E-state index in [2.05, 4.69) is 17.9 Å². The topological polar surface area (TPSA) is 69.6 Å². The lowest BCUT2D eigenvalue weighted by atomic mass is 9.98. The first-order chi connectivity index (χ1) is 8.60. The summed E-state index contributed by atoms with van der Waals surface area (Å²) >= 11 is 4.12. The molecule has 18 heavy (non-hydrogen) atoms. The zero-order valence-electron chi connectivity index (χ0n) is 10.8. The SMILES string of the molecule is CC(=O)NC(CS)C(=O)N1CCCCC1CCO. The second-order valence-corrected chi connectivity index (χ2v) is 4.99. The first-order valence-electron chi connectivity index (χ1n) is 6.39. The van der Waals surface area contributed by atoms with Gasteiger partial charge in [0.1, 0.15) is 6.04 Å². The first-order valence-corrected chi connectivity index (χ1v) is 7.02. The Balaban J connectivity index is 2.68. The molecule has 1 heterocycles. The molecule has 2 N–H and O–H groups in total. The zero-order chi connectivity index (χ0) is 13.5. The number of nitrogens with zero attached hydrogens (tertiary/aromatic N) is 1. The third kappa shape index (κ3) is 4.17. The quantitative estimate of drug-likeness (QED) is 0.627. The van der Waals surface area contributed by atoms with Crippen LogP contribution in [-0.4, -0.2) is 52.8 Å². The number of hydrogen-bond acceptors (Lipinski definition) is 4. The van der Waals surface area contributed by atoms with Gasteiger partial charge in [0.05, 0.1) is 0 Å². The van der Waals surface area contributed by atoms with E-state index in [9.17, 15) is 9.59 Å². The molecule has 0 aromatic carbocycles. The molecule has 0 bridgehead atoms. The highest BCUT2D eigenvalue weighted by Gasteiger charge is 2.30. The largest absolute Gasteiger partial charge is 0.396 e. The molecule has 0 saturated carbocycles. The monoisotopic (exact) mass is 274 g/mol. The van der Waals surface area contributed by atoms with Gasteiger partial charge in [0, 0.05) is 31.9 Å². The highest BCUT2D eigenvalue weighted by atomic mass is 32.1. The van der Waals surface area contributed by atoms with Gasteiger partial charge in [0.2, 0.25) is 11.8 Å². The lowest BCUT2D eigenvalue weighted by Crippen LogP contribution is -2.54. The maximum atomic E-state index is 12.3. The van der Waals surface area contributed by atoms with Crippen LogP contribution in [0.3, 0.4) is 0 Å². The van der Waals surface area contributed by atoms with Gasteiger partial charge in [0.25, 0.3) is 0 Å². The van der Waals surface area contributed by atoms with Crippen LogP contribution in [0, 0.1) is 0 Å². The van der Waals surface area contributed by atoms with Crippen molar-refractivity contribution in [2.45, 2.75) is 44.7 Å². The number of hydrogen-bond donors (Lipinski definition) is 3. The molecule has 1 rings (SSSR count). The maximum Gasteiger partial charge on any atom is 0.246 e. The Morgan fingerprint density at radius 2 is 2.22 bits per heavy atom. The summed E-state index contributed by atoms with van der Waals surface area (Å²) in [6, 6.07) is -0.475. The Kier molecular flexibility index (Phi) is 6.49. The number of thiol groups is 1. The molecule has 0 aromatic rings. The minimum absolute atomic E-state index is 0.0835. The van der Waals surface area contributed by atoms with Crippen molar-refractivity contribution in [2.75, 3.05) is 18.9 Å². The summed E-state index contributed by atoms with van der Waals surface area (Å²) in [5.41, 5.74) is 0. The van der Waals surface area contributed by atoms with E-state index in [4.69, 9.17) is 5.11 Å². The van der Waals surface area contributed by atoms with Gasteiger partial charge in [-0.15, -0.1) is 0 Å². The molecule has 6 heteroatoms. The Morgan fingerprint density at radius 1 is 1.50 bits per heavy atom. The number of piperidine rings is 1. The van der Waals surface area contributed by atoms with Crippen LogP contribution in [0.4, 0.5) is 0 Å². The highest BCUT2D eigenvalue weighted by Crippen LogP contribution is 2.20. The van der Waals surface area contributed by atoms with Crippen LogP contribution in [0.2, 0.25) is 0 Å². The van der Waals surface area contributed by atoms with Gasteiger partial charge < -0.3 is 15.3 Å². The number of carbonyl (C=O) groups excluding carboxylic acids is 2. The number of nitrogens with one attached hydrogen (secondary N) is 1. The van der Waals surface area contributed by atoms with Gasteiger partial charge >= 0.3 is 0 Å². The van der Waals surface area contributed by atoms with Crippen molar-refractivity contribution in [3.05, 3.63) is 0 Å². The summed E-state index contributed by atoms with van der Waals surface area (Å²) in [5, 5.41) is 11.7. The first kappa shape index (κ1) is 15.3. The Hall–Kier alpha value is -0.750. The lowest BCUT2D eigenvalue weighted by molar-refractivity contribution is -0.139. The zero-order valence-corrected chi connectivity index (χ0v) is 11.7. The van der Waals surface area contributed by atoms with Gasteiger partial charge in [-0.2, -0.15) is 12.6 Å². The van der Waals surface area contributed by atoms with Crippen molar-refractivity contribution in [2.24, 2.45) is 0 Å². The molecule has 0 aromatic heterocycles. The van der Waals surface area contributed by atoms with Crippen molar-refractivity contribution in [3.63, 3.8) is 0 Å². The van der Waals surface area contributed by atoms with E-state index in [-0.39, 0.29) is 24.5 Å². The number of aliphatic hydroxyl groups is 1. The molecule has 5 nitrogen and oxygen atoms in total. The smallest absolute Gasteiger partial charge is 0.246 e. The van der Waals surface area contributed by atoms with Crippen LogP contribution in [0.5, 0.6) is 0 Å². The van der Waals surface area contributed by atoms with E-state index in [1.54, 1.807) is 4.90 Å².